The van der Waals surface area contributed by atoms with Crippen LogP contribution < -0.4 is 16.6 Å². The summed E-state index contributed by atoms with van der Waals surface area (Å²) < 4.78 is 5.09. The normalized spacial score (nSPS) is 12.6. The van der Waals surface area contributed by atoms with E-state index in [0.29, 0.717) is 0 Å². The first-order valence-electron chi connectivity index (χ1n) is 5.96. The summed E-state index contributed by atoms with van der Waals surface area (Å²) in [6.45, 7) is 6.55. The number of ether oxygens (including phenoxy) is 1. The van der Waals surface area contributed by atoms with Crippen molar-refractivity contribution >= 4 is 11.9 Å². The smallest absolute Gasteiger partial charge is 0.328 e. The van der Waals surface area contributed by atoms with Gasteiger partial charge in [0.1, 0.15) is 17.3 Å². The number of hydrogen-bond donors (Lipinski definition) is 3. The van der Waals surface area contributed by atoms with Gasteiger partial charge in [0.25, 0.3) is 11.5 Å². The second-order valence-electron chi connectivity index (χ2n) is 5.23. The van der Waals surface area contributed by atoms with Crippen LogP contribution in [0.2, 0.25) is 0 Å². The summed E-state index contributed by atoms with van der Waals surface area (Å²) in [5.74, 6) is -1.36. The Kier molecular flexibility index (Phi) is 4.49. The maximum atomic E-state index is 11.8. The molecule has 110 valence electrons. The number of amides is 1. The quantitative estimate of drug-likeness (QED) is 0.647. The first-order valence-corrected chi connectivity index (χ1v) is 5.96. The van der Waals surface area contributed by atoms with Gasteiger partial charge in [-0.3, -0.25) is 14.6 Å². The largest absolute Gasteiger partial charge is 0.458 e. The lowest BCUT2D eigenvalue weighted by molar-refractivity contribution is -0.156. The molecule has 1 amide bonds. The van der Waals surface area contributed by atoms with Crippen molar-refractivity contribution in [2.45, 2.75) is 39.3 Å². The Labute approximate surface area is 114 Å². The van der Waals surface area contributed by atoms with Gasteiger partial charge in [-0.1, -0.05) is 0 Å². The zero-order valence-electron chi connectivity index (χ0n) is 11.7. The fourth-order valence-corrected chi connectivity index (χ4v) is 1.31. The van der Waals surface area contributed by atoms with E-state index in [1.54, 1.807) is 20.8 Å². The average Bonchev–Trinajstić information content (AvgIpc) is 2.25. The van der Waals surface area contributed by atoms with Crippen molar-refractivity contribution in [3.63, 3.8) is 0 Å². The lowest BCUT2D eigenvalue weighted by Crippen LogP contribution is -2.43. The van der Waals surface area contributed by atoms with Crippen molar-refractivity contribution in [3.05, 3.63) is 32.6 Å². The van der Waals surface area contributed by atoms with Gasteiger partial charge >= 0.3 is 11.7 Å². The molecule has 1 aromatic rings. The van der Waals surface area contributed by atoms with E-state index in [1.807, 2.05) is 4.98 Å². The number of carbonyl (C=O) groups excluding carboxylic acids is 2. The van der Waals surface area contributed by atoms with Crippen LogP contribution in [0.25, 0.3) is 0 Å². The minimum atomic E-state index is -0.912. The van der Waals surface area contributed by atoms with Crippen molar-refractivity contribution < 1.29 is 14.3 Å². The third kappa shape index (κ3) is 4.71. The number of aromatic amines is 2. The van der Waals surface area contributed by atoms with Crippen LogP contribution in [0.4, 0.5) is 0 Å². The summed E-state index contributed by atoms with van der Waals surface area (Å²) in [7, 11) is 0. The van der Waals surface area contributed by atoms with E-state index in [0.717, 1.165) is 6.07 Å². The van der Waals surface area contributed by atoms with Gasteiger partial charge in [0.2, 0.25) is 0 Å². The molecule has 0 aliphatic carbocycles. The van der Waals surface area contributed by atoms with Crippen LogP contribution in [0.3, 0.4) is 0 Å². The summed E-state index contributed by atoms with van der Waals surface area (Å²) in [6.07, 6.45) is 0. The first kappa shape index (κ1) is 15.7. The highest BCUT2D eigenvalue weighted by atomic mass is 16.6. The Balaban J connectivity index is 2.78. The van der Waals surface area contributed by atoms with Crippen LogP contribution in [-0.2, 0) is 9.53 Å². The molecule has 0 aliphatic heterocycles. The lowest BCUT2D eigenvalue weighted by atomic mass is 10.2. The molecule has 20 heavy (non-hydrogen) atoms. The van der Waals surface area contributed by atoms with Crippen LogP contribution >= 0.6 is 0 Å². The molecule has 1 heterocycles. The summed E-state index contributed by atoms with van der Waals surface area (Å²) in [5.41, 5.74) is -2.40. The van der Waals surface area contributed by atoms with Gasteiger partial charge in [0, 0.05) is 6.07 Å². The Bertz CT molecular complexity index is 595. The van der Waals surface area contributed by atoms with Crippen LogP contribution in [0.1, 0.15) is 38.2 Å². The maximum Gasteiger partial charge on any atom is 0.328 e. The standard InChI is InChI=1S/C12H17N3O5/c1-6(10(18)20-12(2,3)4)13-9(17)7-5-8(16)15-11(19)14-7/h5-6H,1-4H3,(H,13,17)(H2,14,15,16,19)/t6-/m1/s1. The van der Waals surface area contributed by atoms with Gasteiger partial charge in [0.15, 0.2) is 0 Å². The van der Waals surface area contributed by atoms with Gasteiger partial charge in [0.05, 0.1) is 0 Å². The van der Waals surface area contributed by atoms with Gasteiger partial charge in [-0.15, -0.1) is 0 Å². The number of hydrogen-bond acceptors (Lipinski definition) is 5. The first-order chi connectivity index (χ1) is 9.08. The van der Waals surface area contributed by atoms with E-state index in [4.69, 9.17) is 4.74 Å². The molecule has 0 spiro atoms. The third-order valence-corrected chi connectivity index (χ3v) is 2.11. The summed E-state index contributed by atoms with van der Waals surface area (Å²) in [5, 5.41) is 2.34. The van der Waals surface area contributed by atoms with Gasteiger partial charge < -0.3 is 15.0 Å². The second kappa shape index (κ2) is 5.72. The lowest BCUT2D eigenvalue weighted by Gasteiger charge is -2.22. The number of nitrogens with one attached hydrogen (secondary N) is 3. The molecule has 0 aliphatic rings. The summed E-state index contributed by atoms with van der Waals surface area (Å²) in [4.78, 5) is 49.7. The predicted molar refractivity (Wildman–Crippen MR) is 70.5 cm³/mol. The molecule has 0 radical (unpaired) electrons. The number of carbonyl (C=O) groups is 2. The number of aromatic nitrogens is 2. The molecule has 0 aromatic carbocycles. The van der Waals surface area contributed by atoms with Gasteiger partial charge in [-0.2, -0.15) is 0 Å². The SMILES string of the molecule is C[C@@H](NC(=O)c1cc(=O)[nH]c(=O)[nH]1)C(=O)OC(C)(C)C. The molecule has 0 unspecified atom stereocenters. The van der Waals surface area contributed by atoms with Crippen LogP contribution in [0.5, 0.6) is 0 Å². The van der Waals surface area contributed by atoms with Gasteiger partial charge in [-0.05, 0) is 27.7 Å². The van der Waals surface area contributed by atoms with Crippen molar-refractivity contribution in [3.8, 4) is 0 Å². The number of esters is 1. The molecule has 3 N–H and O–H groups in total. The van der Waals surface area contributed by atoms with E-state index in [2.05, 4.69) is 10.3 Å². The Morgan fingerprint density at radius 2 is 1.85 bits per heavy atom. The second-order valence-corrected chi connectivity index (χ2v) is 5.23. The molecule has 0 bridgehead atoms. The predicted octanol–water partition coefficient (Wildman–Crippen LogP) is -0.477. The van der Waals surface area contributed by atoms with E-state index in [-0.39, 0.29) is 5.69 Å². The Morgan fingerprint density at radius 1 is 1.25 bits per heavy atom. The molecule has 8 heteroatoms. The highest BCUT2D eigenvalue weighted by Gasteiger charge is 2.23. The average molecular weight is 283 g/mol. The number of rotatable bonds is 3. The van der Waals surface area contributed by atoms with E-state index < -0.39 is 34.8 Å². The summed E-state index contributed by atoms with van der Waals surface area (Å²) >= 11 is 0. The van der Waals surface area contributed by atoms with Crippen LogP contribution in [0.15, 0.2) is 15.7 Å². The molecule has 0 fully saturated rings. The molecule has 8 nitrogen and oxygen atoms in total. The zero-order valence-corrected chi connectivity index (χ0v) is 11.7. The third-order valence-electron chi connectivity index (χ3n) is 2.11. The van der Waals surface area contributed by atoms with Crippen molar-refractivity contribution in [2.24, 2.45) is 0 Å². The van der Waals surface area contributed by atoms with Crippen LogP contribution in [0, 0.1) is 0 Å². The molecular weight excluding hydrogens is 266 g/mol. The fourth-order valence-electron chi connectivity index (χ4n) is 1.31. The van der Waals surface area contributed by atoms with Gasteiger partial charge in [-0.25, -0.2) is 9.59 Å². The summed E-state index contributed by atoms with van der Waals surface area (Å²) in [6, 6.07) is 0.0166. The fraction of sp³-hybridized carbons (Fsp3) is 0.500. The molecule has 1 rings (SSSR count). The molecule has 1 aromatic heterocycles. The van der Waals surface area contributed by atoms with E-state index in [1.165, 1.54) is 6.92 Å². The zero-order chi connectivity index (χ0) is 15.5. The van der Waals surface area contributed by atoms with Crippen molar-refractivity contribution in [1.82, 2.24) is 15.3 Å². The van der Waals surface area contributed by atoms with Crippen LogP contribution in [-0.4, -0.2) is 33.5 Å². The highest BCUT2D eigenvalue weighted by Crippen LogP contribution is 2.08. The number of H-pyrrole nitrogens is 2. The van der Waals surface area contributed by atoms with E-state index >= 15 is 0 Å². The Morgan fingerprint density at radius 3 is 2.35 bits per heavy atom. The molecule has 0 saturated heterocycles. The topological polar surface area (TPSA) is 121 Å². The van der Waals surface area contributed by atoms with Crippen molar-refractivity contribution in [2.75, 3.05) is 0 Å². The highest BCUT2D eigenvalue weighted by molar-refractivity contribution is 5.94. The molecule has 0 saturated carbocycles. The minimum Gasteiger partial charge on any atom is -0.458 e. The van der Waals surface area contributed by atoms with Crippen molar-refractivity contribution in [1.29, 1.82) is 0 Å². The van der Waals surface area contributed by atoms with E-state index in [9.17, 15) is 19.2 Å². The molecule has 1 atom stereocenters. The Hall–Kier alpha value is -2.38. The molecular formula is C12H17N3O5. The maximum absolute atomic E-state index is 11.8. The minimum absolute atomic E-state index is 0.228. The monoisotopic (exact) mass is 283 g/mol.